The zero-order chi connectivity index (χ0) is 33.9. The van der Waals surface area contributed by atoms with E-state index in [9.17, 15) is 0 Å². The maximum atomic E-state index is 7.30. The van der Waals surface area contributed by atoms with Gasteiger partial charge in [0.2, 0.25) is 0 Å². The molecule has 0 saturated heterocycles. The van der Waals surface area contributed by atoms with Crippen molar-refractivity contribution in [2.45, 2.75) is 161 Å². The number of allylic oxidation sites excluding steroid dienone is 1. The van der Waals surface area contributed by atoms with Crippen LogP contribution in [0.2, 0.25) is 23.2 Å². The molecule has 2 aromatic carbocycles. The second kappa shape index (κ2) is 20.6. The first-order valence-corrected chi connectivity index (χ1v) is 23.4. The predicted molar refractivity (Wildman–Crippen MR) is 206 cm³/mol. The van der Waals surface area contributed by atoms with Crippen molar-refractivity contribution in [1.82, 2.24) is 0 Å². The lowest BCUT2D eigenvalue weighted by atomic mass is 10.0. The molecule has 3 nitrogen and oxygen atoms in total. The SMILES string of the molecule is CCCCCCCCCCCCCC/C=C\OCC(CO[Si](c1ccccc1)(c1ccccc1)C(C)(C)C)O[Si](C)(C)C(C)(C)C. The van der Waals surface area contributed by atoms with Gasteiger partial charge in [-0.1, -0.05) is 180 Å². The smallest absolute Gasteiger partial charge is 0.261 e. The Kier molecular flexibility index (Phi) is 18.2. The van der Waals surface area contributed by atoms with Gasteiger partial charge in [0.1, 0.15) is 12.7 Å². The highest BCUT2D eigenvalue weighted by Crippen LogP contribution is 2.39. The zero-order valence-corrected chi connectivity index (χ0v) is 33.3. The van der Waals surface area contributed by atoms with E-state index < -0.39 is 16.6 Å². The number of ether oxygens (including phenoxy) is 1. The average molecular weight is 667 g/mol. The summed E-state index contributed by atoms with van der Waals surface area (Å²) in [4.78, 5) is 0. The number of benzene rings is 2. The normalized spacial score (nSPS) is 13.8. The van der Waals surface area contributed by atoms with Crippen molar-refractivity contribution in [2.24, 2.45) is 0 Å². The molecule has 0 radical (unpaired) electrons. The van der Waals surface area contributed by atoms with Crippen molar-refractivity contribution >= 4 is 27.0 Å². The molecule has 0 bridgehead atoms. The average Bonchev–Trinajstić information content (AvgIpc) is 3.00. The summed E-state index contributed by atoms with van der Waals surface area (Å²) in [5.41, 5.74) is 0. The van der Waals surface area contributed by atoms with Crippen LogP contribution in [0.3, 0.4) is 0 Å². The summed E-state index contributed by atoms with van der Waals surface area (Å²) in [5.74, 6) is 0. The van der Waals surface area contributed by atoms with Gasteiger partial charge >= 0.3 is 0 Å². The Morgan fingerprint density at radius 3 is 1.50 bits per heavy atom. The molecule has 0 N–H and O–H groups in total. The topological polar surface area (TPSA) is 27.7 Å². The number of unbranched alkanes of at least 4 members (excludes halogenated alkanes) is 12. The Labute approximate surface area is 287 Å². The van der Waals surface area contributed by atoms with Gasteiger partial charge in [-0.15, -0.1) is 0 Å². The quantitative estimate of drug-likeness (QED) is 0.0671. The number of hydrogen-bond acceptors (Lipinski definition) is 3. The predicted octanol–water partition coefficient (Wildman–Crippen LogP) is 11.6. The monoisotopic (exact) mass is 666 g/mol. The molecule has 1 atom stereocenters. The molecule has 0 aliphatic heterocycles. The Hall–Kier alpha value is -1.67. The van der Waals surface area contributed by atoms with E-state index in [1.54, 1.807) is 0 Å². The molecule has 5 heteroatoms. The molecular weight excluding hydrogens is 597 g/mol. The molecule has 46 heavy (non-hydrogen) atoms. The molecule has 0 saturated carbocycles. The third-order valence-corrected chi connectivity index (χ3v) is 19.4. The fourth-order valence-corrected chi connectivity index (χ4v) is 12.0. The molecule has 0 amide bonds. The lowest BCUT2D eigenvalue weighted by Gasteiger charge is -2.45. The molecule has 0 aromatic heterocycles. The van der Waals surface area contributed by atoms with Gasteiger partial charge in [0.05, 0.1) is 12.9 Å². The Morgan fingerprint density at radius 2 is 1.07 bits per heavy atom. The molecule has 1 unspecified atom stereocenters. The van der Waals surface area contributed by atoms with E-state index in [1.165, 1.54) is 87.4 Å². The third-order valence-electron chi connectivity index (χ3n) is 9.87. The minimum absolute atomic E-state index is 0.0771. The second-order valence-electron chi connectivity index (χ2n) is 15.9. The molecule has 0 aliphatic rings. The van der Waals surface area contributed by atoms with Gasteiger partial charge in [-0.05, 0) is 52.5 Å². The summed E-state index contributed by atoms with van der Waals surface area (Å²) < 4.78 is 20.5. The molecular formula is C41H70O3Si2. The van der Waals surface area contributed by atoms with Crippen LogP contribution in [0.25, 0.3) is 0 Å². The second-order valence-corrected chi connectivity index (χ2v) is 24.9. The molecule has 260 valence electrons. The number of hydrogen-bond donors (Lipinski definition) is 0. The summed E-state index contributed by atoms with van der Waals surface area (Å²) in [6.07, 6.45) is 21.6. The van der Waals surface area contributed by atoms with Crippen molar-refractivity contribution in [1.29, 1.82) is 0 Å². The van der Waals surface area contributed by atoms with Crippen LogP contribution >= 0.6 is 0 Å². The molecule has 2 rings (SSSR count). The molecule has 0 fully saturated rings. The van der Waals surface area contributed by atoms with Crippen molar-refractivity contribution < 1.29 is 13.6 Å². The van der Waals surface area contributed by atoms with Crippen LogP contribution in [-0.2, 0) is 13.6 Å². The van der Waals surface area contributed by atoms with Crippen molar-refractivity contribution in [3.63, 3.8) is 0 Å². The fourth-order valence-electron chi connectivity index (χ4n) is 6.09. The van der Waals surface area contributed by atoms with Gasteiger partial charge in [0.25, 0.3) is 8.32 Å². The van der Waals surface area contributed by atoms with Gasteiger partial charge in [0.15, 0.2) is 8.32 Å². The van der Waals surface area contributed by atoms with Crippen molar-refractivity contribution in [3.05, 3.63) is 73.0 Å². The van der Waals surface area contributed by atoms with Gasteiger partial charge in [-0.2, -0.15) is 0 Å². The maximum Gasteiger partial charge on any atom is 0.261 e. The molecule has 0 heterocycles. The van der Waals surface area contributed by atoms with E-state index in [0.29, 0.717) is 13.2 Å². The Balaban J connectivity index is 1.98. The van der Waals surface area contributed by atoms with Gasteiger partial charge < -0.3 is 13.6 Å². The van der Waals surface area contributed by atoms with E-state index in [-0.39, 0.29) is 16.2 Å². The van der Waals surface area contributed by atoms with Crippen LogP contribution in [0, 0.1) is 0 Å². The summed E-state index contributed by atoms with van der Waals surface area (Å²) in [6.45, 7) is 21.8. The highest BCUT2D eigenvalue weighted by molar-refractivity contribution is 6.99. The summed E-state index contributed by atoms with van der Waals surface area (Å²) in [7, 11) is -4.71. The van der Waals surface area contributed by atoms with Crippen LogP contribution in [0.15, 0.2) is 73.0 Å². The van der Waals surface area contributed by atoms with E-state index >= 15 is 0 Å². The highest BCUT2D eigenvalue weighted by Gasteiger charge is 2.51. The molecule has 0 aliphatic carbocycles. The molecule has 0 spiro atoms. The minimum Gasteiger partial charge on any atom is -0.499 e. The summed E-state index contributed by atoms with van der Waals surface area (Å²) >= 11 is 0. The molecule has 2 aromatic rings. The Morgan fingerprint density at radius 1 is 0.609 bits per heavy atom. The Bertz CT molecular complexity index is 1030. The van der Waals surface area contributed by atoms with Crippen LogP contribution in [-0.4, -0.2) is 36.0 Å². The van der Waals surface area contributed by atoms with Gasteiger partial charge in [0, 0.05) is 0 Å². The van der Waals surface area contributed by atoms with Crippen LogP contribution in [0.1, 0.15) is 132 Å². The lowest BCUT2D eigenvalue weighted by Crippen LogP contribution is -2.67. The standard InChI is InChI=1S/C41H70O3Si2/c1-10-11-12-13-14-15-16-17-18-19-20-21-22-29-34-42-35-37(44-45(8,9)40(2,3)4)36-43-46(41(5,6)7,38-30-25-23-26-31-38)39-32-27-24-28-33-39/h23-34,37H,10-22,35-36H2,1-9H3/b34-29-. The van der Waals surface area contributed by atoms with Gasteiger partial charge in [-0.3, -0.25) is 0 Å². The zero-order valence-electron chi connectivity index (χ0n) is 31.3. The lowest BCUT2D eigenvalue weighted by molar-refractivity contribution is 0.0508. The first kappa shape index (κ1) is 40.5. The largest absolute Gasteiger partial charge is 0.499 e. The fraction of sp³-hybridized carbons (Fsp3) is 0.659. The van der Waals surface area contributed by atoms with Crippen LogP contribution < -0.4 is 10.4 Å². The van der Waals surface area contributed by atoms with E-state index in [0.717, 1.165) is 6.42 Å². The minimum atomic E-state index is -2.66. The van der Waals surface area contributed by atoms with Crippen molar-refractivity contribution in [2.75, 3.05) is 13.2 Å². The first-order chi connectivity index (χ1) is 21.8. The maximum absolute atomic E-state index is 7.30. The van der Waals surface area contributed by atoms with E-state index in [1.807, 2.05) is 6.26 Å². The van der Waals surface area contributed by atoms with E-state index in [4.69, 9.17) is 13.6 Å². The van der Waals surface area contributed by atoms with Gasteiger partial charge in [-0.25, -0.2) is 0 Å². The summed E-state index contributed by atoms with van der Waals surface area (Å²) in [5, 5.41) is 2.62. The summed E-state index contributed by atoms with van der Waals surface area (Å²) in [6, 6.07) is 21.8. The van der Waals surface area contributed by atoms with Crippen molar-refractivity contribution in [3.8, 4) is 0 Å². The van der Waals surface area contributed by atoms with E-state index in [2.05, 4.69) is 128 Å². The number of rotatable bonds is 23. The highest BCUT2D eigenvalue weighted by atomic mass is 28.4. The van der Waals surface area contributed by atoms with Crippen LogP contribution in [0.4, 0.5) is 0 Å². The third kappa shape index (κ3) is 13.4. The first-order valence-electron chi connectivity index (χ1n) is 18.5. The van der Waals surface area contributed by atoms with Crippen LogP contribution in [0.5, 0.6) is 0 Å².